The van der Waals surface area contributed by atoms with Crippen molar-refractivity contribution in [3.63, 3.8) is 0 Å². The molecule has 0 aliphatic carbocycles. The summed E-state index contributed by atoms with van der Waals surface area (Å²) < 4.78 is 5.67. The molecule has 0 amide bonds. The third kappa shape index (κ3) is 4.80. The van der Waals surface area contributed by atoms with Crippen LogP contribution in [0.15, 0.2) is 52.4 Å². The van der Waals surface area contributed by atoms with Crippen molar-refractivity contribution in [3.8, 4) is 0 Å². The van der Waals surface area contributed by atoms with E-state index in [0.29, 0.717) is 11.8 Å². The van der Waals surface area contributed by atoms with Crippen LogP contribution in [-0.2, 0) is 5.41 Å². The number of anilines is 1. The lowest BCUT2D eigenvalue weighted by Gasteiger charge is -2.32. The molecule has 8 nitrogen and oxygen atoms in total. The van der Waals surface area contributed by atoms with E-state index < -0.39 is 5.41 Å². The van der Waals surface area contributed by atoms with Gasteiger partial charge < -0.3 is 25.8 Å². The number of rotatable bonds is 7. The van der Waals surface area contributed by atoms with Crippen LogP contribution < -0.4 is 16.4 Å². The van der Waals surface area contributed by atoms with Gasteiger partial charge >= 0.3 is 6.01 Å². The van der Waals surface area contributed by atoms with Gasteiger partial charge in [0.2, 0.25) is 0 Å². The van der Waals surface area contributed by atoms with Gasteiger partial charge in [0.05, 0.1) is 5.41 Å². The van der Waals surface area contributed by atoms with Crippen LogP contribution in [0, 0.1) is 5.92 Å². The first-order valence-electron chi connectivity index (χ1n) is 10.5. The molecule has 1 aromatic carbocycles. The number of likely N-dealkylation sites (N-methyl/N-ethyl adjacent to an activating group) is 1. The Morgan fingerprint density at radius 2 is 1.87 bits per heavy atom. The highest BCUT2D eigenvalue weighted by atomic mass is 16.5. The van der Waals surface area contributed by atoms with Crippen molar-refractivity contribution in [2.24, 2.45) is 22.4 Å². The maximum Gasteiger partial charge on any atom is 0.324 e. The summed E-state index contributed by atoms with van der Waals surface area (Å²) in [4.78, 5) is 13.3. The van der Waals surface area contributed by atoms with Gasteiger partial charge in [-0.1, -0.05) is 49.8 Å². The highest BCUT2D eigenvalue weighted by Crippen LogP contribution is 2.38. The zero-order chi connectivity index (χ0) is 22.6. The van der Waals surface area contributed by atoms with Gasteiger partial charge in [0.25, 0.3) is 0 Å². The van der Waals surface area contributed by atoms with Gasteiger partial charge in [0.15, 0.2) is 5.82 Å². The molecule has 1 unspecified atom stereocenters. The molecule has 4 N–H and O–H groups in total. The molecule has 2 aromatic rings. The van der Waals surface area contributed by atoms with Crippen LogP contribution >= 0.6 is 0 Å². The Hall–Kier alpha value is -3.13. The molecular weight excluding hydrogens is 390 g/mol. The van der Waals surface area contributed by atoms with Crippen molar-refractivity contribution < 1.29 is 4.52 Å². The van der Waals surface area contributed by atoms with Crippen LogP contribution in [0.3, 0.4) is 0 Å². The Kier molecular flexibility index (Phi) is 6.80. The summed E-state index contributed by atoms with van der Waals surface area (Å²) in [5, 5.41) is 4.39. The lowest BCUT2D eigenvalue weighted by Crippen LogP contribution is -2.44. The molecule has 0 bridgehead atoms. The topological polar surface area (TPSA) is 110 Å². The number of benzene rings is 1. The number of aromatic nitrogens is 2. The summed E-state index contributed by atoms with van der Waals surface area (Å²) in [5.41, 5.74) is 13.7. The summed E-state index contributed by atoms with van der Waals surface area (Å²) in [6, 6.07) is 8.78. The van der Waals surface area contributed by atoms with Crippen LogP contribution in [0.1, 0.15) is 37.7 Å². The fraction of sp³-hybridized carbons (Fsp3) is 0.435. The monoisotopic (exact) mass is 423 g/mol. The van der Waals surface area contributed by atoms with E-state index in [4.69, 9.17) is 21.0 Å². The maximum atomic E-state index is 5.77. The van der Waals surface area contributed by atoms with E-state index in [-0.39, 0.29) is 11.7 Å². The molecule has 1 aliphatic rings. The minimum absolute atomic E-state index is 0.233. The number of nitrogens with two attached hydrogens (primary N) is 2. The first kappa shape index (κ1) is 22.6. The first-order chi connectivity index (χ1) is 14.8. The summed E-state index contributed by atoms with van der Waals surface area (Å²) in [6.45, 7) is 13.8. The molecule has 1 atom stereocenters. The Labute approximate surface area is 184 Å². The molecular formula is C23H33N7O. The SMILES string of the molecule is C=C(N)/N=C\C(=C/N)c1ccc(C(C)(c2noc(N3CCN(C)CC3)n2)C(C)C)cc1. The second kappa shape index (κ2) is 9.34. The van der Waals surface area contributed by atoms with Gasteiger partial charge in [0, 0.05) is 44.2 Å². The standard InChI is InChI=1S/C23H33N7O/c1-16(2)23(4,21-27-22(31-28-21)30-12-10-29(5)11-13-30)20-8-6-18(7-9-20)19(14-24)15-26-17(3)25/h6-9,14-16H,3,10-13,24-25H2,1-2,4-5H3/b19-14+,26-15-. The van der Waals surface area contributed by atoms with E-state index in [0.717, 1.165) is 42.9 Å². The van der Waals surface area contributed by atoms with Gasteiger partial charge in [0.1, 0.15) is 5.82 Å². The summed E-state index contributed by atoms with van der Waals surface area (Å²) in [5.74, 6) is 1.18. The van der Waals surface area contributed by atoms with E-state index in [2.05, 4.69) is 66.5 Å². The van der Waals surface area contributed by atoms with Gasteiger partial charge in [-0.2, -0.15) is 4.98 Å². The van der Waals surface area contributed by atoms with Crippen molar-refractivity contribution in [2.45, 2.75) is 26.2 Å². The Morgan fingerprint density at radius 1 is 1.23 bits per heavy atom. The Morgan fingerprint density at radius 3 is 2.42 bits per heavy atom. The molecule has 3 rings (SSSR count). The predicted octanol–water partition coefficient (Wildman–Crippen LogP) is 2.58. The minimum atomic E-state index is -0.404. The average molecular weight is 424 g/mol. The third-order valence-corrected chi connectivity index (χ3v) is 6.18. The highest BCUT2D eigenvalue weighted by molar-refractivity contribution is 6.09. The third-order valence-electron chi connectivity index (χ3n) is 6.18. The molecule has 0 radical (unpaired) electrons. The van der Waals surface area contributed by atoms with E-state index in [1.165, 1.54) is 6.20 Å². The molecule has 2 heterocycles. The predicted molar refractivity (Wildman–Crippen MR) is 126 cm³/mol. The molecule has 0 saturated carbocycles. The molecule has 0 spiro atoms. The van der Waals surface area contributed by atoms with Crippen LogP contribution in [-0.4, -0.2) is 54.5 Å². The van der Waals surface area contributed by atoms with E-state index >= 15 is 0 Å². The van der Waals surface area contributed by atoms with Crippen LogP contribution in [0.4, 0.5) is 6.01 Å². The molecule has 31 heavy (non-hydrogen) atoms. The second-order valence-electron chi connectivity index (χ2n) is 8.50. The van der Waals surface area contributed by atoms with Gasteiger partial charge in [-0.05, 0) is 31.0 Å². The zero-order valence-electron chi connectivity index (χ0n) is 18.9. The molecule has 166 valence electrons. The summed E-state index contributed by atoms with van der Waals surface area (Å²) in [6.07, 6.45) is 3.12. The zero-order valence-corrected chi connectivity index (χ0v) is 18.9. The average Bonchev–Trinajstić information content (AvgIpc) is 3.25. The quantitative estimate of drug-likeness (QED) is 0.659. The van der Waals surface area contributed by atoms with E-state index in [1.807, 2.05) is 12.1 Å². The number of aliphatic imine (C=N–C) groups is 1. The Bertz CT molecular complexity index is 953. The van der Waals surface area contributed by atoms with Crippen LogP contribution in [0.25, 0.3) is 5.57 Å². The van der Waals surface area contributed by atoms with Gasteiger partial charge in [-0.25, -0.2) is 4.99 Å². The fourth-order valence-electron chi connectivity index (χ4n) is 3.65. The van der Waals surface area contributed by atoms with Crippen molar-refractivity contribution in [1.82, 2.24) is 15.0 Å². The highest BCUT2D eigenvalue weighted by Gasteiger charge is 2.38. The maximum absolute atomic E-state index is 5.77. The lowest BCUT2D eigenvalue weighted by molar-refractivity contribution is 0.297. The number of hydrogen-bond acceptors (Lipinski definition) is 8. The number of allylic oxidation sites excluding steroid dienone is 1. The van der Waals surface area contributed by atoms with Crippen molar-refractivity contribution in [2.75, 3.05) is 38.1 Å². The van der Waals surface area contributed by atoms with Crippen LogP contribution in [0.2, 0.25) is 0 Å². The van der Waals surface area contributed by atoms with Gasteiger partial charge in [-0.15, -0.1) is 0 Å². The molecule has 1 aliphatic heterocycles. The summed E-state index contributed by atoms with van der Waals surface area (Å²) in [7, 11) is 2.12. The van der Waals surface area contributed by atoms with E-state index in [9.17, 15) is 0 Å². The second-order valence-corrected chi connectivity index (χ2v) is 8.50. The number of hydrogen-bond donors (Lipinski definition) is 2. The molecule has 1 saturated heterocycles. The van der Waals surface area contributed by atoms with Crippen LogP contribution in [0.5, 0.6) is 0 Å². The first-order valence-corrected chi connectivity index (χ1v) is 10.5. The van der Waals surface area contributed by atoms with Gasteiger partial charge in [-0.3, -0.25) is 0 Å². The fourth-order valence-corrected chi connectivity index (χ4v) is 3.65. The molecule has 8 heteroatoms. The Balaban J connectivity index is 1.88. The number of nitrogens with zero attached hydrogens (tertiary/aromatic N) is 5. The van der Waals surface area contributed by atoms with Crippen molar-refractivity contribution in [3.05, 3.63) is 59.8 Å². The van der Waals surface area contributed by atoms with E-state index in [1.54, 1.807) is 6.21 Å². The summed E-state index contributed by atoms with van der Waals surface area (Å²) >= 11 is 0. The smallest absolute Gasteiger partial charge is 0.324 e. The molecule has 1 fully saturated rings. The van der Waals surface area contributed by atoms with Crippen molar-refractivity contribution in [1.29, 1.82) is 0 Å². The number of piperazine rings is 1. The minimum Gasteiger partial charge on any atom is -0.404 e. The normalized spacial score (nSPS) is 18.0. The largest absolute Gasteiger partial charge is 0.404 e. The van der Waals surface area contributed by atoms with Crippen molar-refractivity contribution >= 4 is 17.8 Å². The lowest BCUT2D eigenvalue weighted by atomic mass is 9.72. The molecule has 1 aromatic heterocycles.